The molecule has 1 N–H and O–H groups in total. The number of anilines is 1. The molecule has 0 spiro atoms. The monoisotopic (exact) mass is 375 g/mol. The van der Waals surface area contributed by atoms with Gasteiger partial charge in [-0.05, 0) is 61.8 Å². The third-order valence-electron chi connectivity index (χ3n) is 6.03. The molecule has 3 fully saturated rings. The highest BCUT2D eigenvalue weighted by Gasteiger charge is 2.43. The molecule has 2 saturated carbocycles. The number of ether oxygens (including phenoxy) is 1. The van der Waals surface area contributed by atoms with Crippen LogP contribution < -0.4 is 10.2 Å². The molecule has 1 aliphatic heterocycles. The fourth-order valence-corrected chi connectivity index (χ4v) is 4.78. The number of fused-ring (bicyclic) bond motifs is 1. The van der Waals surface area contributed by atoms with Crippen molar-refractivity contribution in [2.24, 2.45) is 17.8 Å². The van der Waals surface area contributed by atoms with Crippen molar-refractivity contribution in [3.05, 3.63) is 18.3 Å². The number of carbonyl (C=O) groups excluding carboxylic acids is 1. The Morgan fingerprint density at radius 3 is 2.69 bits per heavy atom. The van der Waals surface area contributed by atoms with Crippen LogP contribution in [0.5, 0.6) is 0 Å². The van der Waals surface area contributed by atoms with Gasteiger partial charge in [0, 0.05) is 37.7 Å². The summed E-state index contributed by atoms with van der Waals surface area (Å²) in [4.78, 5) is 19.9. The minimum Gasteiger partial charge on any atom is -0.376 e. The fourth-order valence-electron chi connectivity index (χ4n) is 4.42. The number of aromatic nitrogens is 1. The van der Waals surface area contributed by atoms with E-state index in [2.05, 4.69) is 33.6 Å². The van der Waals surface area contributed by atoms with Gasteiger partial charge in [0.05, 0.1) is 12.1 Å². The molecule has 0 bridgehead atoms. The van der Waals surface area contributed by atoms with E-state index in [1.165, 1.54) is 17.7 Å². The summed E-state index contributed by atoms with van der Waals surface area (Å²) in [6, 6.07) is 4.44. The van der Waals surface area contributed by atoms with Crippen LogP contribution in [-0.4, -0.2) is 49.0 Å². The lowest BCUT2D eigenvalue weighted by atomic mass is 9.77. The van der Waals surface area contributed by atoms with Gasteiger partial charge in [0.15, 0.2) is 0 Å². The molecule has 1 aromatic heterocycles. The number of nitrogens with zero attached hydrogens (tertiary/aromatic N) is 2. The van der Waals surface area contributed by atoms with Crippen molar-refractivity contribution in [2.45, 2.75) is 49.6 Å². The Morgan fingerprint density at radius 2 is 2.08 bits per heavy atom. The lowest BCUT2D eigenvalue weighted by Crippen LogP contribution is -2.50. The molecular weight excluding hydrogens is 346 g/mol. The minimum atomic E-state index is 0.0534. The third kappa shape index (κ3) is 4.17. The smallest absolute Gasteiger partial charge is 0.217 e. The van der Waals surface area contributed by atoms with Crippen molar-refractivity contribution in [3.63, 3.8) is 0 Å². The molecule has 3 aliphatic rings. The third-order valence-corrected chi connectivity index (χ3v) is 6.74. The molecule has 4 atom stereocenters. The molecule has 1 amide bonds. The first-order valence-electron chi connectivity index (χ1n) is 9.76. The molecule has 1 saturated heterocycles. The van der Waals surface area contributed by atoms with Crippen molar-refractivity contribution in [1.29, 1.82) is 0 Å². The van der Waals surface area contributed by atoms with Gasteiger partial charge in [-0.15, -0.1) is 11.8 Å². The molecule has 0 aromatic carbocycles. The maximum absolute atomic E-state index is 11.7. The van der Waals surface area contributed by atoms with E-state index in [0.717, 1.165) is 44.3 Å². The second kappa shape index (κ2) is 7.77. The predicted molar refractivity (Wildman–Crippen MR) is 105 cm³/mol. The van der Waals surface area contributed by atoms with Crippen molar-refractivity contribution in [1.82, 2.24) is 10.3 Å². The Bertz CT molecular complexity index is 634. The summed E-state index contributed by atoms with van der Waals surface area (Å²) in [5.41, 5.74) is 0. The molecule has 142 valence electrons. The summed E-state index contributed by atoms with van der Waals surface area (Å²) in [7, 11) is 0. The lowest BCUT2D eigenvalue weighted by Gasteiger charge is -2.38. The Hall–Kier alpha value is -1.27. The van der Waals surface area contributed by atoms with E-state index >= 15 is 0 Å². The van der Waals surface area contributed by atoms with Crippen LogP contribution in [0.25, 0.3) is 0 Å². The van der Waals surface area contributed by atoms with E-state index in [4.69, 9.17) is 4.74 Å². The number of rotatable bonds is 6. The van der Waals surface area contributed by atoms with Crippen LogP contribution in [0.3, 0.4) is 0 Å². The first-order valence-corrected chi connectivity index (χ1v) is 11.0. The fraction of sp³-hybridized carbons (Fsp3) is 0.700. The van der Waals surface area contributed by atoms with Crippen molar-refractivity contribution < 1.29 is 9.53 Å². The maximum atomic E-state index is 11.7. The molecule has 0 unspecified atom stereocenters. The van der Waals surface area contributed by atoms with Crippen LogP contribution >= 0.6 is 11.8 Å². The number of amides is 1. The second-order valence-electron chi connectivity index (χ2n) is 8.07. The quantitative estimate of drug-likeness (QED) is 0.775. The van der Waals surface area contributed by atoms with Gasteiger partial charge in [0.1, 0.15) is 5.82 Å². The molecular formula is C20H29N3O2S. The highest BCUT2D eigenvalue weighted by atomic mass is 32.2. The van der Waals surface area contributed by atoms with Gasteiger partial charge in [-0.2, -0.15) is 0 Å². The lowest BCUT2D eigenvalue weighted by molar-refractivity contribution is -0.122. The van der Waals surface area contributed by atoms with Crippen LogP contribution in [0, 0.1) is 17.8 Å². The molecule has 4 rings (SSSR count). The largest absolute Gasteiger partial charge is 0.376 e. The molecule has 6 heteroatoms. The van der Waals surface area contributed by atoms with Gasteiger partial charge in [-0.3, -0.25) is 4.79 Å². The van der Waals surface area contributed by atoms with Gasteiger partial charge in [0.25, 0.3) is 0 Å². The molecule has 26 heavy (non-hydrogen) atoms. The molecule has 1 aromatic rings. The summed E-state index contributed by atoms with van der Waals surface area (Å²) >= 11 is 1.72. The normalized spacial score (nSPS) is 30.9. The maximum Gasteiger partial charge on any atom is 0.217 e. The van der Waals surface area contributed by atoms with Crippen LogP contribution in [0.1, 0.15) is 32.6 Å². The summed E-state index contributed by atoms with van der Waals surface area (Å²) in [5, 5.41) is 3.16. The average molecular weight is 376 g/mol. The number of carbonyl (C=O) groups is 1. The SMILES string of the molecule is CSc1ccc(N2C[C@H]3C[C@@H](NC(C)=O)[C@H](OCC4CC4)C[C@H]3C2)nc1. The van der Waals surface area contributed by atoms with Crippen molar-refractivity contribution >= 4 is 23.5 Å². The first kappa shape index (κ1) is 18.1. The van der Waals surface area contributed by atoms with E-state index in [9.17, 15) is 4.79 Å². The zero-order valence-electron chi connectivity index (χ0n) is 15.7. The Balaban J connectivity index is 1.42. The number of hydrogen-bond acceptors (Lipinski definition) is 5. The Morgan fingerprint density at radius 1 is 1.31 bits per heavy atom. The molecule has 0 radical (unpaired) electrons. The average Bonchev–Trinajstić information content (AvgIpc) is 3.37. The first-order chi connectivity index (χ1) is 12.6. The van der Waals surface area contributed by atoms with Gasteiger partial charge in [-0.1, -0.05) is 0 Å². The Kier molecular flexibility index (Phi) is 5.41. The highest BCUT2D eigenvalue weighted by Crippen LogP contribution is 2.40. The van der Waals surface area contributed by atoms with E-state index in [-0.39, 0.29) is 18.1 Å². The van der Waals surface area contributed by atoms with Crippen LogP contribution in [0.4, 0.5) is 5.82 Å². The second-order valence-corrected chi connectivity index (χ2v) is 8.95. The minimum absolute atomic E-state index is 0.0534. The van der Waals surface area contributed by atoms with Crippen LogP contribution in [0.15, 0.2) is 23.2 Å². The summed E-state index contributed by atoms with van der Waals surface area (Å²) in [5.74, 6) is 3.12. The molecule has 2 heterocycles. The van der Waals surface area contributed by atoms with Gasteiger partial charge < -0.3 is 15.0 Å². The summed E-state index contributed by atoms with van der Waals surface area (Å²) in [6.07, 6.45) is 8.85. The standard InChI is InChI=1S/C20H29N3O2S/c1-13(24)22-18-7-15-10-23(20-6-5-17(26-2)9-21-20)11-16(15)8-19(18)25-12-14-3-4-14/h5-6,9,14-16,18-19H,3-4,7-8,10-12H2,1-2H3,(H,22,24)/t15-,16+,18-,19-/m1/s1. The Labute approximate surface area is 160 Å². The summed E-state index contributed by atoms with van der Waals surface area (Å²) < 4.78 is 6.25. The number of pyridine rings is 1. The van der Waals surface area contributed by atoms with Gasteiger partial charge >= 0.3 is 0 Å². The van der Waals surface area contributed by atoms with E-state index < -0.39 is 0 Å². The number of hydrogen-bond donors (Lipinski definition) is 1. The molecule has 5 nitrogen and oxygen atoms in total. The van der Waals surface area contributed by atoms with E-state index in [1.54, 1.807) is 18.7 Å². The van der Waals surface area contributed by atoms with E-state index in [0.29, 0.717) is 11.8 Å². The molecule has 2 aliphatic carbocycles. The van der Waals surface area contributed by atoms with Crippen LogP contribution in [-0.2, 0) is 9.53 Å². The van der Waals surface area contributed by atoms with Crippen molar-refractivity contribution in [3.8, 4) is 0 Å². The topological polar surface area (TPSA) is 54.5 Å². The zero-order chi connectivity index (χ0) is 18.1. The van der Waals surface area contributed by atoms with Crippen LogP contribution in [0.2, 0.25) is 0 Å². The summed E-state index contributed by atoms with van der Waals surface area (Å²) in [6.45, 7) is 4.55. The highest BCUT2D eigenvalue weighted by molar-refractivity contribution is 7.98. The zero-order valence-corrected chi connectivity index (χ0v) is 16.5. The van der Waals surface area contributed by atoms with E-state index in [1.807, 2.05) is 6.20 Å². The van der Waals surface area contributed by atoms with Gasteiger partial charge in [0.2, 0.25) is 5.91 Å². The number of nitrogens with one attached hydrogen (secondary N) is 1. The number of thioether (sulfide) groups is 1. The van der Waals surface area contributed by atoms with Crippen molar-refractivity contribution in [2.75, 3.05) is 30.9 Å². The van der Waals surface area contributed by atoms with Gasteiger partial charge in [-0.25, -0.2) is 4.98 Å². The predicted octanol–water partition coefficient (Wildman–Crippen LogP) is 2.95.